The molecular weight excluding hydrogens is 268 g/mol. The first-order valence-electron chi connectivity index (χ1n) is 6.72. The van der Waals surface area contributed by atoms with Crippen molar-refractivity contribution in [1.29, 1.82) is 0 Å². The van der Waals surface area contributed by atoms with Crippen LogP contribution in [0.3, 0.4) is 0 Å². The van der Waals surface area contributed by atoms with Gasteiger partial charge in [0.1, 0.15) is 0 Å². The van der Waals surface area contributed by atoms with Gasteiger partial charge in [0.15, 0.2) is 5.44 Å². The minimum Gasteiger partial charge on any atom is -0.448 e. The molecule has 0 aliphatic heterocycles. The molecule has 2 aromatic carbocycles. The quantitative estimate of drug-likeness (QED) is 0.330. The number of hydrogen-bond acceptors (Lipinski definition) is 3. The third-order valence-electron chi connectivity index (χ3n) is 2.95. The van der Waals surface area contributed by atoms with Gasteiger partial charge in [0.25, 0.3) is 0 Å². The Morgan fingerprint density at radius 3 is 2.80 bits per heavy atom. The summed E-state index contributed by atoms with van der Waals surface area (Å²) in [4.78, 5) is 12.5. The first-order chi connectivity index (χ1) is 9.74. The molecule has 2 nitrogen and oxygen atoms in total. The molecule has 0 aliphatic carbocycles. The first kappa shape index (κ1) is 14.7. The molecule has 0 bridgehead atoms. The van der Waals surface area contributed by atoms with Gasteiger partial charge < -0.3 is 4.74 Å². The van der Waals surface area contributed by atoms with Crippen molar-refractivity contribution >= 4 is 28.5 Å². The minimum atomic E-state index is -0.365. The van der Waals surface area contributed by atoms with Crippen LogP contribution in [0.25, 0.3) is 10.8 Å². The zero-order valence-corrected chi connectivity index (χ0v) is 12.4. The van der Waals surface area contributed by atoms with Crippen molar-refractivity contribution < 1.29 is 9.53 Å². The summed E-state index contributed by atoms with van der Waals surface area (Å²) in [5, 5.41) is 2.39. The minimum absolute atomic E-state index is 0.170. The standard InChI is InChI=1S/C17H18O2S/c1-3-8-17(19-16(18)4-2)20-15-12-7-10-13-9-5-6-11-14(13)15/h4-7,9-12,17H,2-3,8H2,1H3. The summed E-state index contributed by atoms with van der Waals surface area (Å²) >= 11 is 1.60. The third-order valence-corrected chi connectivity index (χ3v) is 4.15. The number of ether oxygens (including phenoxy) is 1. The maximum atomic E-state index is 11.4. The van der Waals surface area contributed by atoms with E-state index in [0.717, 1.165) is 17.7 Å². The fourth-order valence-electron chi connectivity index (χ4n) is 2.00. The fraction of sp³-hybridized carbons (Fsp3) is 0.235. The lowest BCUT2D eigenvalue weighted by Crippen LogP contribution is -2.12. The van der Waals surface area contributed by atoms with Gasteiger partial charge in [-0.2, -0.15) is 0 Å². The van der Waals surface area contributed by atoms with Gasteiger partial charge in [0.05, 0.1) is 0 Å². The molecule has 0 aliphatic rings. The molecule has 1 atom stereocenters. The molecule has 0 amide bonds. The predicted molar refractivity (Wildman–Crippen MR) is 84.8 cm³/mol. The Kier molecular flexibility index (Phi) is 5.24. The maximum absolute atomic E-state index is 11.4. The maximum Gasteiger partial charge on any atom is 0.331 e. The van der Waals surface area contributed by atoms with Crippen LogP contribution in [0.15, 0.2) is 60.0 Å². The molecule has 0 fully saturated rings. The molecule has 0 spiro atoms. The van der Waals surface area contributed by atoms with Crippen molar-refractivity contribution in [1.82, 2.24) is 0 Å². The highest BCUT2D eigenvalue weighted by atomic mass is 32.2. The normalized spacial score (nSPS) is 12.1. The van der Waals surface area contributed by atoms with Crippen molar-refractivity contribution in [2.45, 2.75) is 30.1 Å². The molecule has 2 rings (SSSR count). The summed E-state index contributed by atoms with van der Waals surface area (Å²) in [6.45, 7) is 5.53. The van der Waals surface area contributed by atoms with E-state index in [1.165, 1.54) is 16.8 Å². The van der Waals surface area contributed by atoms with Crippen molar-refractivity contribution in [2.24, 2.45) is 0 Å². The average molecular weight is 286 g/mol. The lowest BCUT2D eigenvalue weighted by molar-refractivity contribution is -0.139. The molecule has 2 aromatic rings. The molecular formula is C17H18O2S. The second-order valence-corrected chi connectivity index (χ2v) is 5.66. The van der Waals surface area contributed by atoms with E-state index in [9.17, 15) is 4.79 Å². The zero-order valence-electron chi connectivity index (χ0n) is 11.5. The van der Waals surface area contributed by atoms with Crippen LogP contribution < -0.4 is 0 Å². The molecule has 0 heterocycles. The Morgan fingerprint density at radius 1 is 1.30 bits per heavy atom. The smallest absolute Gasteiger partial charge is 0.331 e. The van der Waals surface area contributed by atoms with Gasteiger partial charge in [0, 0.05) is 11.0 Å². The van der Waals surface area contributed by atoms with Gasteiger partial charge >= 0.3 is 5.97 Å². The van der Waals surface area contributed by atoms with E-state index in [1.54, 1.807) is 11.8 Å². The summed E-state index contributed by atoms with van der Waals surface area (Å²) in [5.74, 6) is -0.365. The van der Waals surface area contributed by atoms with Gasteiger partial charge in [0.2, 0.25) is 0 Å². The summed E-state index contributed by atoms with van der Waals surface area (Å²) in [6.07, 6.45) is 3.01. The van der Waals surface area contributed by atoms with Gasteiger partial charge in [-0.05, 0) is 23.3 Å². The molecule has 1 unspecified atom stereocenters. The van der Waals surface area contributed by atoms with Gasteiger partial charge in [-0.1, -0.05) is 68.1 Å². The Bertz CT molecular complexity index is 601. The Morgan fingerprint density at radius 2 is 2.05 bits per heavy atom. The molecule has 0 N–H and O–H groups in total. The number of benzene rings is 2. The highest BCUT2D eigenvalue weighted by Crippen LogP contribution is 2.33. The zero-order chi connectivity index (χ0) is 14.4. The average Bonchev–Trinajstić information content (AvgIpc) is 2.47. The summed E-state index contributed by atoms with van der Waals surface area (Å²) in [7, 11) is 0. The topological polar surface area (TPSA) is 26.3 Å². The van der Waals surface area contributed by atoms with E-state index in [4.69, 9.17) is 4.74 Å². The van der Waals surface area contributed by atoms with Gasteiger partial charge in [-0.25, -0.2) is 4.79 Å². The molecule has 0 aromatic heterocycles. The third kappa shape index (κ3) is 3.64. The predicted octanol–water partition coefficient (Wildman–Crippen LogP) is 4.79. The molecule has 20 heavy (non-hydrogen) atoms. The van der Waals surface area contributed by atoms with E-state index in [1.807, 2.05) is 18.2 Å². The monoisotopic (exact) mass is 286 g/mol. The second-order valence-electron chi connectivity index (χ2n) is 4.45. The fourth-order valence-corrected chi connectivity index (χ4v) is 3.25. The summed E-state index contributed by atoms with van der Waals surface area (Å²) in [6, 6.07) is 14.4. The van der Waals surface area contributed by atoms with Crippen LogP contribution in [-0.2, 0) is 9.53 Å². The first-order valence-corrected chi connectivity index (χ1v) is 7.60. The number of thioether (sulfide) groups is 1. The summed E-state index contributed by atoms with van der Waals surface area (Å²) < 4.78 is 5.40. The highest BCUT2D eigenvalue weighted by Gasteiger charge is 2.14. The number of hydrogen-bond donors (Lipinski definition) is 0. The van der Waals surface area contributed by atoms with Crippen LogP contribution in [0.4, 0.5) is 0 Å². The SMILES string of the molecule is C=CC(=O)OC(CCC)Sc1cccc2ccccc12. The lowest BCUT2D eigenvalue weighted by Gasteiger charge is -2.16. The molecule has 3 heteroatoms. The van der Waals surface area contributed by atoms with E-state index in [2.05, 4.69) is 37.8 Å². The number of carbonyl (C=O) groups is 1. The van der Waals surface area contributed by atoms with Crippen LogP contribution in [0, 0.1) is 0 Å². The van der Waals surface area contributed by atoms with Crippen LogP contribution >= 0.6 is 11.8 Å². The molecule has 0 saturated heterocycles. The van der Waals surface area contributed by atoms with E-state index in [-0.39, 0.29) is 11.4 Å². The number of esters is 1. The largest absolute Gasteiger partial charge is 0.448 e. The van der Waals surface area contributed by atoms with Crippen LogP contribution in [0.1, 0.15) is 19.8 Å². The number of fused-ring (bicyclic) bond motifs is 1. The van der Waals surface area contributed by atoms with Crippen LogP contribution in [0.2, 0.25) is 0 Å². The number of carbonyl (C=O) groups excluding carboxylic acids is 1. The molecule has 104 valence electrons. The van der Waals surface area contributed by atoms with Crippen molar-refractivity contribution in [3.8, 4) is 0 Å². The molecule has 0 radical (unpaired) electrons. The van der Waals surface area contributed by atoms with Crippen LogP contribution in [0.5, 0.6) is 0 Å². The number of rotatable bonds is 6. The molecule has 0 saturated carbocycles. The van der Waals surface area contributed by atoms with Crippen molar-refractivity contribution in [3.05, 3.63) is 55.1 Å². The van der Waals surface area contributed by atoms with Crippen molar-refractivity contribution in [2.75, 3.05) is 0 Å². The Labute approximate surface area is 123 Å². The van der Waals surface area contributed by atoms with Crippen molar-refractivity contribution in [3.63, 3.8) is 0 Å². The Balaban J connectivity index is 2.23. The van der Waals surface area contributed by atoms with E-state index in [0.29, 0.717) is 0 Å². The lowest BCUT2D eigenvalue weighted by atomic mass is 10.1. The summed E-state index contributed by atoms with van der Waals surface area (Å²) in [5.41, 5.74) is -0.170. The van der Waals surface area contributed by atoms with Gasteiger partial charge in [-0.15, -0.1) is 0 Å². The van der Waals surface area contributed by atoms with E-state index < -0.39 is 0 Å². The Hall–Kier alpha value is -1.74. The van der Waals surface area contributed by atoms with Crippen LogP contribution in [-0.4, -0.2) is 11.4 Å². The van der Waals surface area contributed by atoms with Gasteiger partial charge in [-0.3, -0.25) is 0 Å². The van der Waals surface area contributed by atoms with E-state index >= 15 is 0 Å². The highest BCUT2D eigenvalue weighted by molar-refractivity contribution is 8.00. The second kappa shape index (κ2) is 7.15.